The monoisotopic (exact) mass is 341 g/mol. The van der Waals surface area contributed by atoms with Crippen molar-refractivity contribution in [1.29, 1.82) is 0 Å². The van der Waals surface area contributed by atoms with Gasteiger partial charge in [0.2, 0.25) is 15.9 Å². The second-order valence-corrected chi connectivity index (χ2v) is 7.20. The molecule has 0 aliphatic heterocycles. The molecule has 1 N–H and O–H groups in total. The van der Waals surface area contributed by atoms with Gasteiger partial charge < -0.3 is 0 Å². The largest absolute Gasteiger partial charge is 0.274 e. The fraction of sp³-hybridized carbons (Fsp3) is 0.286. The SMILES string of the molecule is Cc1nn(-c2ccc(Cl)cc2)c(C)c1CC(=O)NS(C)(=O)=O. The molecule has 2 rings (SSSR count). The van der Waals surface area contributed by atoms with E-state index in [0.717, 1.165) is 17.6 Å². The second kappa shape index (κ2) is 6.10. The van der Waals surface area contributed by atoms with Crippen molar-refractivity contribution in [2.75, 3.05) is 6.26 Å². The number of amides is 1. The van der Waals surface area contributed by atoms with Crippen molar-refractivity contribution in [2.45, 2.75) is 20.3 Å². The molecule has 0 aliphatic carbocycles. The number of hydrogen-bond donors (Lipinski definition) is 1. The summed E-state index contributed by atoms with van der Waals surface area (Å²) in [6.07, 6.45) is 0.903. The van der Waals surface area contributed by atoms with Crippen LogP contribution >= 0.6 is 11.6 Å². The summed E-state index contributed by atoms with van der Waals surface area (Å²) in [5, 5.41) is 5.03. The number of halogens is 1. The van der Waals surface area contributed by atoms with E-state index in [9.17, 15) is 13.2 Å². The molecule has 0 unspecified atom stereocenters. The summed E-state index contributed by atoms with van der Waals surface area (Å²) in [7, 11) is -3.56. The molecule has 0 saturated carbocycles. The number of rotatable bonds is 4. The molecule has 1 heterocycles. The Morgan fingerprint density at radius 2 is 1.86 bits per heavy atom. The average Bonchev–Trinajstić information content (AvgIpc) is 2.66. The van der Waals surface area contributed by atoms with E-state index in [1.807, 2.05) is 23.8 Å². The normalized spacial score (nSPS) is 11.5. The number of nitrogens with zero attached hydrogens (tertiary/aromatic N) is 2. The Morgan fingerprint density at radius 1 is 1.27 bits per heavy atom. The van der Waals surface area contributed by atoms with Crippen molar-refractivity contribution in [1.82, 2.24) is 14.5 Å². The molecule has 8 heteroatoms. The first-order valence-corrected chi connectivity index (χ1v) is 8.76. The molecule has 0 radical (unpaired) electrons. The van der Waals surface area contributed by atoms with E-state index in [1.165, 1.54) is 0 Å². The van der Waals surface area contributed by atoms with Gasteiger partial charge in [0.15, 0.2) is 0 Å². The van der Waals surface area contributed by atoms with Crippen molar-refractivity contribution in [2.24, 2.45) is 0 Å². The predicted molar refractivity (Wildman–Crippen MR) is 84.7 cm³/mol. The van der Waals surface area contributed by atoms with Crippen molar-refractivity contribution in [3.05, 3.63) is 46.2 Å². The Morgan fingerprint density at radius 3 is 2.41 bits per heavy atom. The number of aryl methyl sites for hydroxylation is 1. The number of sulfonamides is 1. The molecule has 0 spiro atoms. The minimum absolute atomic E-state index is 0.0433. The first kappa shape index (κ1) is 16.5. The van der Waals surface area contributed by atoms with E-state index < -0.39 is 15.9 Å². The summed E-state index contributed by atoms with van der Waals surface area (Å²) < 4.78 is 25.9. The fourth-order valence-corrected chi connectivity index (χ4v) is 2.78. The number of nitrogens with one attached hydrogen (secondary N) is 1. The zero-order valence-corrected chi connectivity index (χ0v) is 14.0. The van der Waals surface area contributed by atoms with Gasteiger partial charge in [-0.1, -0.05) is 11.6 Å². The quantitative estimate of drug-likeness (QED) is 0.918. The molecule has 0 atom stereocenters. The Bertz CT molecular complexity index is 811. The van der Waals surface area contributed by atoms with E-state index in [-0.39, 0.29) is 6.42 Å². The number of carbonyl (C=O) groups excluding carboxylic acids is 1. The minimum Gasteiger partial charge on any atom is -0.274 e. The van der Waals surface area contributed by atoms with Crippen LogP contribution in [0, 0.1) is 13.8 Å². The second-order valence-electron chi connectivity index (χ2n) is 5.01. The summed E-state index contributed by atoms with van der Waals surface area (Å²) in [4.78, 5) is 11.8. The predicted octanol–water partition coefficient (Wildman–Crippen LogP) is 1.76. The number of benzene rings is 1. The minimum atomic E-state index is -3.56. The average molecular weight is 342 g/mol. The van der Waals surface area contributed by atoms with Crippen molar-refractivity contribution in [3.63, 3.8) is 0 Å². The van der Waals surface area contributed by atoms with Gasteiger partial charge in [0.05, 0.1) is 24.1 Å². The standard InChI is InChI=1S/C14H16ClN3O3S/c1-9-13(8-14(19)17-22(3,20)21)10(2)18(16-9)12-6-4-11(15)5-7-12/h4-7H,8H2,1-3H3,(H,17,19). The first-order valence-electron chi connectivity index (χ1n) is 6.49. The molecule has 1 aromatic carbocycles. The maximum Gasteiger partial charge on any atom is 0.237 e. The van der Waals surface area contributed by atoms with Gasteiger partial charge in [-0.15, -0.1) is 0 Å². The van der Waals surface area contributed by atoms with E-state index >= 15 is 0 Å². The Kier molecular flexibility index (Phi) is 4.58. The maximum absolute atomic E-state index is 11.8. The highest BCUT2D eigenvalue weighted by Gasteiger charge is 2.17. The molecule has 118 valence electrons. The third-order valence-corrected chi connectivity index (χ3v) is 4.00. The van der Waals surface area contributed by atoms with Gasteiger partial charge in [-0.05, 0) is 38.1 Å². The first-order chi connectivity index (χ1) is 10.2. The van der Waals surface area contributed by atoms with Gasteiger partial charge in [0, 0.05) is 16.3 Å². The molecule has 22 heavy (non-hydrogen) atoms. The molecular weight excluding hydrogens is 326 g/mol. The highest BCUT2D eigenvalue weighted by atomic mass is 35.5. The topological polar surface area (TPSA) is 81.1 Å². The van der Waals surface area contributed by atoms with Gasteiger partial charge in [-0.25, -0.2) is 13.1 Å². The van der Waals surface area contributed by atoms with Gasteiger partial charge >= 0.3 is 0 Å². The lowest BCUT2D eigenvalue weighted by Crippen LogP contribution is -2.30. The highest BCUT2D eigenvalue weighted by molar-refractivity contribution is 7.89. The lowest BCUT2D eigenvalue weighted by atomic mass is 10.1. The molecule has 6 nitrogen and oxygen atoms in total. The molecule has 2 aromatic rings. The van der Waals surface area contributed by atoms with Crippen LogP contribution in [-0.4, -0.2) is 30.4 Å². The zero-order valence-electron chi connectivity index (χ0n) is 12.4. The summed E-state index contributed by atoms with van der Waals surface area (Å²) in [5.41, 5.74) is 2.98. The molecule has 1 amide bonds. The van der Waals surface area contributed by atoms with Gasteiger partial charge in [0.1, 0.15) is 0 Å². The summed E-state index contributed by atoms with van der Waals surface area (Å²) in [5.74, 6) is -0.579. The Hall–Kier alpha value is -1.86. The van der Waals surface area contributed by atoms with Crippen LogP contribution in [0.2, 0.25) is 5.02 Å². The van der Waals surface area contributed by atoms with Crippen LogP contribution in [0.15, 0.2) is 24.3 Å². The third kappa shape index (κ3) is 3.86. The van der Waals surface area contributed by atoms with Crippen LogP contribution in [0.5, 0.6) is 0 Å². The Balaban J connectivity index is 2.31. The highest BCUT2D eigenvalue weighted by Crippen LogP contribution is 2.20. The summed E-state index contributed by atoms with van der Waals surface area (Å²) in [6.45, 7) is 3.61. The number of aromatic nitrogens is 2. The number of hydrogen-bond acceptors (Lipinski definition) is 4. The molecular formula is C14H16ClN3O3S. The van der Waals surface area contributed by atoms with Crippen molar-refractivity contribution < 1.29 is 13.2 Å². The Labute approximate surface area is 134 Å². The van der Waals surface area contributed by atoms with E-state index in [4.69, 9.17) is 11.6 Å². The smallest absolute Gasteiger partial charge is 0.237 e. The maximum atomic E-state index is 11.8. The van der Waals surface area contributed by atoms with Crippen molar-refractivity contribution in [3.8, 4) is 5.69 Å². The van der Waals surface area contributed by atoms with Gasteiger partial charge in [0.25, 0.3) is 0 Å². The van der Waals surface area contributed by atoms with E-state index in [0.29, 0.717) is 16.3 Å². The van der Waals surface area contributed by atoms with E-state index in [1.54, 1.807) is 23.7 Å². The van der Waals surface area contributed by atoms with Crippen LogP contribution in [0.3, 0.4) is 0 Å². The van der Waals surface area contributed by atoms with Crippen LogP contribution < -0.4 is 4.72 Å². The number of carbonyl (C=O) groups is 1. The van der Waals surface area contributed by atoms with Crippen LogP contribution in [0.4, 0.5) is 0 Å². The van der Waals surface area contributed by atoms with E-state index in [2.05, 4.69) is 5.10 Å². The van der Waals surface area contributed by atoms with Gasteiger partial charge in [-0.3, -0.25) is 9.52 Å². The lowest BCUT2D eigenvalue weighted by molar-refractivity contribution is -0.118. The zero-order chi connectivity index (χ0) is 16.5. The third-order valence-electron chi connectivity index (χ3n) is 3.15. The van der Waals surface area contributed by atoms with Crippen molar-refractivity contribution >= 4 is 27.5 Å². The molecule has 0 bridgehead atoms. The molecule has 0 saturated heterocycles. The molecule has 1 aromatic heterocycles. The molecule has 0 aliphatic rings. The molecule has 0 fully saturated rings. The summed E-state index contributed by atoms with van der Waals surface area (Å²) in [6, 6.07) is 7.15. The van der Waals surface area contributed by atoms with Crippen LogP contribution in [0.25, 0.3) is 5.69 Å². The van der Waals surface area contributed by atoms with Crippen LogP contribution in [0.1, 0.15) is 17.0 Å². The van der Waals surface area contributed by atoms with Crippen LogP contribution in [-0.2, 0) is 21.2 Å². The fourth-order valence-electron chi connectivity index (χ4n) is 2.17. The van der Waals surface area contributed by atoms with Gasteiger partial charge in [-0.2, -0.15) is 5.10 Å². The summed E-state index contributed by atoms with van der Waals surface area (Å²) >= 11 is 5.87. The lowest BCUT2D eigenvalue weighted by Gasteiger charge is -2.06.